The molecule has 0 fully saturated rings. The number of aliphatic hydroxyl groups excluding tert-OH is 1. The molecule has 4 nitrogen and oxygen atoms in total. The van der Waals surface area contributed by atoms with E-state index in [1.165, 1.54) is 0 Å². The van der Waals surface area contributed by atoms with Gasteiger partial charge in [0.05, 0.1) is 26.5 Å². The minimum absolute atomic E-state index is 0.116. The van der Waals surface area contributed by atoms with Gasteiger partial charge in [-0.3, -0.25) is 0 Å². The van der Waals surface area contributed by atoms with Crippen LogP contribution in [0.4, 0.5) is 5.69 Å². The van der Waals surface area contributed by atoms with Crippen LogP contribution in [0.25, 0.3) is 0 Å². The Bertz CT molecular complexity index is 352. The largest absolute Gasteiger partial charge is 0.497 e. The Hall–Kier alpha value is -1.42. The molecule has 16 heavy (non-hydrogen) atoms. The van der Waals surface area contributed by atoms with Crippen molar-refractivity contribution in [2.45, 2.75) is 6.92 Å². The molecular weight excluding hydrogens is 206 g/mol. The van der Waals surface area contributed by atoms with Crippen molar-refractivity contribution in [3.8, 4) is 11.5 Å². The molecule has 0 saturated heterocycles. The predicted molar refractivity (Wildman–Crippen MR) is 64.6 cm³/mol. The van der Waals surface area contributed by atoms with Gasteiger partial charge < -0.3 is 19.5 Å². The second-order valence-corrected chi connectivity index (χ2v) is 3.64. The average molecular weight is 225 g/mol. The van der Waals surface area contributed by atoms with Crippen molar-refractivity contribution >= 4 is 5.69 Å². The Balaban J connectivity index is 3.15. The molecule has 0 atom stereocenters. The Morgan fingerprint density at radius 2 is 1.94 bits per heavy atom. The first kappa shape index (κ1) is 12.6. The number of ether oxygens (including phenoxy) is 2. The molecule has 0 aliphatic carbocycles. The van der Waals surface area contributed by atoms with Crippen LogP contribution in [0.3, 0.4) is 0 Å². The summed E-state index contributed by atoms with van der Waals surface area (Å²) in [5, 5.41) is 8.95. The molecule has 4 heteroatoms. The molecule has 1 N–H and O–H groups in total. The fourth-order valence-electron chi connectivity index (χ4n) is 1.74. The van der Waals surface area contributed by atoms with Crippen molar-refractivity contribution in [2.24, 2.45) is 0 Å². The van der Waals surface area contributed by atoms with Crippen LogP contribution in [-0.2, 0) is 0 Å². The maximum atomic E-state index is 8.95. The normalized spacial score (nSPS) is 10.1. The monoisotopic (exact) mass is 225 g/mol. The Morgan fingerprint density at radius 1 is 1.25 bits per heavy atom. The third-order valence-corrected chi connectivity index (χ3v) is 2.51. The molecule has 1 aromatic carbocycles. The lowest BCUT2D eigenvalue weighted by atomic mass is 10.1. The zero-order valence-electron chi connectivity index (χ0n) is 10.3. The van der Waals surface area contributed by atoms with Crippen LogP contribution in [-0.4, -0.2) is 39.5 Å². The second-order valence-electron chi connectivity index (χ2n) is 3.64. The minimum atomic E-state index is 0.116. The molecule has 0 bridgehead atoms. The van der Waals surface area contributed by atoms with E-state index in [0.717, 1.165) is 22.7 Å². The lowest BCUT2D eigenvalue weighted by Crippen LogP contribution is -2.22. The number of benzene rings is 1. The summed E-state index contributed by atoms with van der Waals surface area (Å²) in [4.78, 5) is 1.97. The second kappa shape index (κ2) is 5.61. The van der Waals surface area contributed by atoms with Crippen LogP contribution in [0.1, 0.15) is 5.56 Å². The lowest BCUT2D eigenvalue weighted by Gasteiger charge is -2.23. The number of hydrogen-bond donors (Lipinski definition) is 1. The van der Waals surface area contributed by atoms with E-state index in [2.05, 4.69) is 0 Å². The minimum Gasteiger partial charge on any atom is -0.497 e. The number of aryl methyl sites for hydroxylation is 1. The first-order valence-corrected chi connectivity index (χ1v) is 5.18. The summed E-state index contributed by atoms with van der Waals surface area (Å²) in [6, 6.07) is 3.79. The SMILES string of the molecule is COc1cc(C)c(N(C)CCO)c(OC)c1. The third-order valence-electron chi connectivity index (χ3n) is 2.51. The maximum Gasteiger partial charge on any atom is 0.146 e. The van der Waals surface area contributed by atoms with Gasteiger partial charge in [-0.2, -0.15) is 0 Å². The van der Waals surface area contributed by atoms with Crippen molar-refractivity contribution < 1.29 is 14.6 Å². The fraction of sp³-hybridized carbons (Fsp3) is 0.500. The van der Waals surface area contributed by atoms with Gasteiger partial charge in [0.25, 0.3) is 0 Å². The number of nitrogens with zero attached hydrogens (tertiary/aromatic N) is 1. The number of likely N-dealkylation sites (N-methyl/N-ethyl adjacent to an activating group) is 1. The molecule has 0 spiro atoms. The standard InChI is InChI=1S/C12H19NO3/c1-9-7-10(15-3)8-11(16-4)12(9)13(2)5-6-14/h7-8,14H,5-6H2,1-4H3. The number of anilines is 1. The Morgan fingerprint density at radius 3 is 2.44 bits per heavy atom. The van der Waals surface area contributed by atoms with Gasteiger partial charge >= 0.3 is 0 Å². The van der Waals surface area contributed by atoms with E-state index in [0.29, 0.717) is 6.54 Å². The van der Waals surface area contributed by atoms with E-state index in [1.54, 1.807) is 14.2 Å². The summed E-state index contributed by atoms with van der Waals surface area (Å²) in [6.45, 7) is 2.68. The highest BCUT2D eigenvalue weighted by atomic mass is 16.5. The van der Waals surface area contributed by atoms with Gasteiger partial charge in [0.2, 0.25) is 0 Å². The molecule has 1 aromatic rings. The van der Waals surface area contributed by atoms with Crippen LogP contribution < -0.4 is 14.4 Å². The van der Waals surface area contributed by atoms with Crippen molar-refractivity contribution in [3.63, 3.8) is 0 Å². The fourth-order valence-corrected chi connectivity index (χ4v) is 1.74. The molecule has 0 aromatic heterocycles. The molecule has 0 radical (unpaired) electrons. The molecular formula is C12H19NO3. The first-order chi connectivity index (χ1) is 7.63. The molecule has 90 valence electrons. The molecule has 0 aliphatic rings. The Kier molecular flexibility index (Phi) is 4.43. The van der Waals surface area contributed by atoms with Crippen LogP contribution in [0.2, 0.25) is 0 Å². The van der Waals surface area contributed by atoms with Crippen molar-refractivity contribution in [3.05, 3.63) is 17.7 Å². The van der Waals surface area contributed by atoms with E-state index in [1.807, 2.05) is 31.0 Å². The van der Waals surface area contributed by atoms with Gasteiger partial charge in [-0.15, -0.1) is 0 Å². The molecule has 0 heterocycles. The number of rotatable bonds is 5. The van der Waals surface area contributed by atoms with Gasteiger partial charge in [0.15, 0.2) is 0 Å². The molecule has 0 aliphatic heterocycles. The van der Waals surface area contributed by atoms with Gasteiger partial charge in [-0.05, 0) is 18.6 Å². The van der Waals surface area contributed by atoms with E-state index in [4.69, 9.17) is 14.6 Å². The first-order valence-electron chi connectivity index (χ1n) is 5.18. The van der Waals surface area contributed by atoms with E-state index >= 15 is 0 Å². The summed E-state index contributed by atoms with van der Waals surface area (Å²) >= 11 is 0. The summed E-state index contributed by atoms with van der Waals surface area (Å²) in [5.41, 5.74) is 2.05. The Labute approximate surface area is 96.4 Å². The summed E-state index contributed by atoms with van der Waals surface area (Å²) in [6.07, 6.45) is 0. The lowest BCUT2D eigenvalue weighted by molar-refractivity contribution is 0.303. The van der Waals surface area contributed by atoms with Gasteiger partial charge in [-0.1, -0.05) is 0 Å². The van der Waals surface area contributed by atoms with E-state index < -0.39 is 0 Å². The van der Waals surface area contributed by atoms with Crippen LogP contribution in [0, 0.1) is 6.92 Å². The highest BCUT2D eigenvalue weighted by Crippen LogP contribution is 2.35. The zero-order valence-corrected chi connectivity index (χ0v) is 10.3. The zero-order chi connectivity index (χ0) is 12.1. The maximum absolute atomic E-state index is 8.95. The van der Waals surface area contributed by atoms with Crippen LogP contribution >= 0.6 is 0 Å². The molecule has 0 saturated carbocycles. The smallest absolute Gasteiger partial charge is 0.146 e. The average Bonchev–Trinajstić information content (AvgIpc) is 2.27. The highest BCUT2D eigenvalue weighted by molar-refractivity contribution is 5.65. The molecule has 1 rings (SSSR count). The van der Waals surface area contributed by atoms with E-state index in [9.17, 15) is 0 Å². The van der Waals surface area contributed by atoms with Crippen LogP contribution in [0.5, 0.6) is 11.5 Å². The van der Waals surface area contributed by atoms with Gasteiger partial charge in [0.1, 0.15) is 11.5 Å². The van der Waals surface area contributed by atoms with Crippen molar-refractivity contribution in [1.29, 1.82) is 0 Å². The summed E-state index contributed by atoms with van der Waals surface area (Å²) in [7, 11) is 5.18. The van der Waals surface area contributed by atoms with Crippen LogP contribution in [0.15, 0.2) is 12.1 Å². The molecule has 0 amide bonds. The van der Waals surface area contributed by atoms with Gasteiger partial charge in [-0.25, -0.2) is 0 Å². The third kappa shape index (κ3) is 2.58. The summed E-state index contributed by atoms with van der Waals surface area (Å²) in [5.74, 6) is 1.53. The van der Waals surface area contributed by atoms with Crippen molar-refractivity contribution in [2.75, 3.05) is 39.3 Å². The van der Waals surface area contributed by atoms with Crippen molar-refractivity contribution in [1.82, 2.24) is 0 Å². The quantitative estimate of drug-likeness (QED) is 0.823. The van der Waals surface area contributed by atoms with E-state index in [-0.39, 0.29) is 6.61 Å². The number of hydrogen-bond acceptors (Lipinski definition) is 4. The topological polar surface area (TPSA) is 41.9 Å². The predicted octanol–water partition coefficient (Wildman–Crippen LogP) is 1.44. The number of methoxy groups -OCH3 is 2. The molecule has 0 unspecified atom stereocenters. The highest BCUT2D eigenvalue weighted by Gasteiger charge is 2.13. The summed E-state index contributed by atoms with van der Waals surface area (Å²) < 4.78 is 10.5. The number of aliphatic hydroxyl groups is 1. The van der Waals surface area contributed by atoms with Gasteiger partial charge in [0, 0.05) is 19.7 Å².